The van der Waals surface area contributed by atoms with Crippen molar-refractivity contribution in [2.45, 2.75) is 26.8 Å². The van der Waals surface area contributed by atoms with Gasteiger partial charge in [0.05, 0.1) is 0 Å². The van der Waals surface area contributed by atoms with Crippen LogP contribution >= 0.6 is 11.6 Å². The van der Waals surface area contributed by atoms with E-state index in [0.29, 0.717) is 22.0 Å². The molecule has 0 saturated carbocycles. The maximum atomic E-state index is 12.6. The molecule has 1 atom stereocenters. The molecular formula is C20H22ClN3O3. The number of anilines is 2. The number of nitrogens with one attached hydrogen (secondary N) is 3. The molecule has 0 fully saturated rings. The first-order chi connectivity index (χ1) is 12.8. The molecule has 7 heteroatoms. The Morgan fingerprint density at radius 1 is 0.852 bits per heavy atom. The lowest BCUT2D eigenvalue weighted by atomic mass is 10.0. The molecule has 0 spiro atoms. The van der Waals surface area contributed by atoms with Gasteiger partial charge in [-0.2, -0.15) is 0 Å². The van der Waals surface area contributed by atoms with Gasteiger partial charge in [0.25, 0.3) is 5.91 Å². The van der Waals surface area contributed by atoms with E-state index >= 15 is 0 Å². The molecule has 2 aromatic rings. The van der Waals surface area contributed by atoms with Crippen LogP contribution in [0.1, 0.15) is 31.1 Å². The second-order valence-corrected chi connectivity index (χ2v) is 6.89. The van der Waals surface area contributed by atoms with Crippen molar-refractivity contribution in [2.75, 3.05) is 10.6 Å². The van der Waals surface area contributed by atoms with E-state index in [1.165, 1.54) is 6.92 Å². The Morgan fingerprint density at radius 2 is 1.37 bits per heavy atom. The van der Waals surface area contributed by atoms with Gasteiger partial charge in [-0.25, -0.2) is 0 Å². The van der Waals surface area contributed by atoms with E-state index < -0.39 is 6.04 Å². The molecule has 0 aliphatic carbocycles. The lowest BCUT2D eigenvalue weighted by Crippen LogP contribution is -2.47. The largest absolute Gasteiger partial charge is 0.340 e. The van der Waals surface area contributed by atoms with Crippen molar-refractivity contribution in [1.29, 1.82) is 0 Å². The minimum absolute atomic E-state index is 0.111. The highest BCUT2D eigenvalue weighted by molar-refractivity contribution is 6.30. The molecule has 2 aromatic carbocycles. The van der Waals surface area contributed by atoms with Crippen LogP contribution in [0.15, 0.2) is 48.5 Å². The first-order valence-electron chi connectivity index (χ1n) is 8.51. The summed E-state index contributed by atoms with van der Waals surface area (Å²) in [6.07, 6.45) is 0. The second kappa shape index (κ2) is 9.19. The van der Waals surface area contributed by atoms with Crippen molar-refractivity contribution in [2.24, 2.45) is 5.92 Å². The zero-order valence-corrected chi connectivity index (χ0v) is 16.1. The van der Waals surface area contributed by atoms with Crippen molar-refractivity contribution < 1.29 is 14.4 Å². The molecule has 0 aliphatic heterocycles. The van der Waals surface area contributed by atoms with Gasteiger partial charge >= 0.3 is 0 Å². The van der Waals surface area contributed by atoms with Crippen molar-refractivity contribution in [3.05, 3.63) is 59.1 Å². The Balaban J connectivity index is 2.04. The standard InChI is InChI=1S/C20H22ClN3O3/c1-12(2)18(24-19(26)14-4-6-15(21)7-5-14)20(27)23-17-10-8-16(9-11-17)22-13(3)25/h4-12,18H,1-3H3,(H,22,25)(H,23,27)(H,24,26)/t18-/m0/s1. The number of carbonyl (C=O) groups excluding carboxylic acids is 3. The van der Waals surface area contributed by atoms with Gasteiger partial charge in [-0.05, 0) is 54.4 Å². The molecule has 0 saturated heterocycles. The van der Waals surface area contributed by atoms with E-state index in [0.717, 1.165) is 0 Å². The molecule has 6 nitrogen and oxygen atoms in total. The molecule has 0 aliphatic rings. The molecule has 0 aromatic heterocycles. The van der Waals surface area contributed by atoms with E-state index in [9.17, 15) is 14.4 Å². The van der Waals surface area contributed by atoms with Gasteiger partial charge in [0.1, 0.15) is 6.04 Å². The third-order valence-corrected chi connectivity index (χ3v) is 4.07. The van der Waals surface area contributed by atoms with Gasteiger partial charge in [-0.15, -0.1) is 0 Å². The Morgan fingerprint density at radius 3 is 1.85 bits per heavy atom. The average Bonchev–Trinajstić information content (AvgIpc) is 2.61. The lowest BCUT2D eigenvalue weighted by molar-refractivity contribution is -0.119. The van der Waals surface area contributed by atoms with Crippen LogP contribution in [0.3, 0.4) is 0 Å². The van der Waals surface area contributed by atoms with Crippen LogP contribution in [0, 0.1) is 5.92 Å². The Hall–Kier alpha value is -2.86. The summed E-state index contributed by atoms with van der Waals surface area (Å²) in [5, 5.41) is 8.73. The minimum atomic E-state index is -0.705. The molecule has 0 heterocycles. The molecule has 3 N–H and O–H groups in total. The number of benzene rings is 2. The Labute approximate surface area is 163 Å². The summed E-state index contributed by atoms with van der Waals surface area (Å²) in [6.45, 7) is 5.13. The van der Waals surface area contributed by atoms with Gasteiger partial charge in [-0.1, -0.05) is 25.4 Å². The molecular weight excluding hydrogens is 366 g/mol. The number of carbonyl (C=O) groups is 3. The van der Waals surface area contributed by atoms with E-state index in [1.807, 2.05) is 13.8 Å². The van der Waals surface area contributed by atoms with Crippen LogP contribution in [0.25, 0.3) is 0 Å². The normalized spacial score (nSPS) is 11.6. The number of hydrogen-bond acceptors (Lipinski definition) is 3. The van der Waals surface area contributed by atoms with Crippen molar-refractivity contribution in [3.63, 3.8) is 0 Å². The van der Waals surface area contributed by atoms with Crippen LogP contribution in [0.5, 0.6) is 0 Å². The number of amides is 3. The predicted molar refractivity (Wildman–Crippen MR) is 107 cm³/mol. The van der Waals surface area contributed by atoms with Crippen molar-refractivity contribution >= 4 is 40.7 Å². The number of rotatable bonds is 6. The van der Waals surface area contributed by atoms with Crippen molar-refractivity contribution in [3.8, 4) is 0 Å². The Kier molecular flexibility index (Phi) is 6.96. The van der Waals surface area contributed by atoms with Gasteiger partial charge in [0.15, 0.2) is 0 Å². The highest BCUT2D eigenvalue weighted by atomic mass is 35.5. The van der Waals surface area contributed by atoms with E-state index in [4.69, 9.17) is 11.6 Å². The monoisotopic (exact) mass is 387 g/mol. The predicted octanol–water partition coefficient (Wildman–Crippen LogP) is 3.69. The molecule has 0 unspecified atom stereocenters. The summed E-state index contributed by atoms with van der Waals surface area (Å²) in [4.78, 5) is 36.1. The lowest BCUT2D eigenvalue weighted by Gasteiger charge is -2.22. The van der Waals surface area contributed by atoms with Gasteiger partial charge in [-0.3, -0.25) is 14.4 Å². The fourth-order valence-corrected chi connectivity index (χ4v) is 2.55. The quantitative estimate of drug-likeness (QED) is 0.706. The molecule has 0 radical (unpaired) electrons. The average molecular weight is 388 g/mol. The maximum absolute atomic E-state index is 12.6. The molecule has 3 amide bonds. The highest BCUT2D eigenvalue weighted by Gasteiger charge is 2.24. The highest BCUT2D eigenvalue weighted by Crippen LogP contribution is 2.15. The summed E-state index contributed by atoms with van der Waals surface area (Å²) in [7, 11) is 0. The first-order valence-corrected chi connectivity index (χ1v) is 8.89. The first kappa shape index (κ1) is 20.5. The number of halogens is 1. The summed E-state index contributed by atoms with van der Waals surface area (Å²) in [5.41, 5.74) is 1.63. The summed E-state index contributed by atoms with van der Waals surface area (Å²) in [6, 6.07) is 12.5. The van der Waals surface area contributed by atoms with Gasteiger partial charge in [0, 0.05) is 28.9 Å². The Bertz CT molecular complexity index is 817. The fourth-order valence-electron chi connectivity index (χ4n) is 2.42. The topological polar surface area (TPSA) is 87.3 Å². The third kappa shape index (κ3) is 6.11. The van der Waals surface area contributed by atoms with Gasteiger partial charge < -0.3 is 16.0 Å². The van der Waals surface area contributed by atoms with Crippen LogP contribution < -0.4 is 16.0 Å². The molecule has 142 valence electrons. The van der Waals surface area contributed by atoms with E-state index in [1.54, 1.807) is 48.5 Å². The zero-order valence-electron chi connectivity index (χ0n) is 15.4. The van der Waals surface area contributed by atoms with Crippen LogP contribution in [0.2, 0.25) is 5.02 Å². The summed E-state index contributed by atoms with van der Waals surface area (Å²) >= 11 is 5.83. The fraction of sp³-hybridized carbons (Fsp3) is 0.250. The molecule has 0 bridgehead atoms. The molecule has 27 heavy (non-hydrogen) atoms. The third-order valence-electron chi connectivity index (χ3n) is 3.81. The molecule has 2 rings (SSSR count). The van der Waals surface area contributed by atoms with Crippen LogP contribution in [0.4, 0.5) is 11.4 Å². The second-order valence-electron chi connectivity index (χ2n) is 6.45. The van der Waals surface area contributed by atoms with Crippen LogP contribution in [-0.4, -0.2) is 23.8 Å². The summed E-state index contributed by atoms with van der Waals surface area (Å²) in [5.74, 6) is -0.947. The maximum Gasteiger partial charge on any atom is 0.251 e. The van der Waals surface area contributed by atoms with Crippen molar-refractivity contribution in [1.82, 2.24) is 5.32 Å². The summed E-state index contributed by atoms with van der Waals surface area (Å²) < 4.78 is 0. The van der Waals surface area contributed by atoms with Gasteiger partial charge in [0.2, 0.25) is 11.8 Å². The smallest absolute Gasteiger partial charge is 0.251 e. The number of hydrogen-bond donors (Lipinski definition) is 3. The van der Waals surface area contributed by atoms with E-state index in [2.05, 4.69) is 16.0 Å². The van der Waals surface area contributed by atoms with E-state index in [-0.39, 0.29) is 23.6 Å². The minimum Gasteiger partial charge on any atom is -0.340 e. The SMILES string of the molecule is CC(=O)Nc1ccc(NC(=O)[C@@H](NC(=O)c2ccc(Cl)cc2)C(C)C)cc1. The van der Waals surface area contributed by atoms with Crippen LogP contribution in [-0.2, 0) is 9.59 Å². The zero-order chi connectivity index (χ0) is 20.0.